The van der Waals surface area contributed by atoms with Crippen LogP contribution in [0.25, 0.3) is 0 Å². The molecule has 0 radical (unpaired) electrons. The van der Waals surface area contributed by atoms with Crippen LogP contribution in [0.4, 0.5) is 0 Å². The van der Waals surface area contributed by atoms with E-state index in [0.717, 1.165) is 36.0 Å². The first-order valence-electron chi connectivity index (χ1n) is 7.51. The van der Waals surface area contributed by atoms with E-state index >= 15 is 0 Å². The van der Waals surface area contributed by atoms with Gasteiger partial charge in [0.1, 0.15) is 0 Å². The summed E-state index contributed by atoms with van der Waals surface area (Å²) in [6.07, 6.45) is 3.36. The highest BCUT2D eigenvalue weighted by molar-refractivity contribution is 7.99. The fraction of sp³-hybridized carbons (Fsp3) is 0.647. The van der Waals surface area contributed by atoms with E-state index in [-0.39, 0.29) is 6.10 Å². The first-order chi connectivity index (χ1) is 9.10. The third-order valence-corrected chi connectivity index (χ3v) is 5.09. The van der Waals surface area contributed by atoms with Crippen molar-refractivity contribution in [3.8, 4) is 0 Å². The largest absolute Gasteiger partial charge is 0.388 e. The first-order valence-corrected chi connectivity index (χ1v) is 8.49. The van der Waals surface area contributed by atoms with Crippen LogP contribution in [0.1, 0.15) is 51.7 Å². The second-order valence-corrected chi connectivity index (χ2v) is 7.46. The van der Waals surface area contributed by atoms with Crippen molar-refractivity contribution in [1.29, 1.82) is 0 Å². The third kappa shape index (κ3) is 4.00. The summed E-state index contributed by atoms with van der Waals surface area (Å²) in [6.45, 7) is 6.80. The lowest BCUT2D eigenvalue weighted by atomic mass is 9.73. The molecule has 106 valence electrons. The zero-order chi connectivity index (χ0) is 13.8. The number of aliphatic hydroxyl groups excluding tert-OH is 1. The van der Waals surface area contributed by atoms with Crippen molar-refractivity contribution in [3.05, 3.63) is 29.8 Å². The summed E-state index contributed by atoms with van der Waals surface area (Å²) in [5.74, 6) is 3.03. The van der Waals surface area contributed by atoms with E-state index < -0.39 is 0 Å². The molecule has 1 aromatic rings. The van der Waals surface area contributed by atoms with Crippen LogP contribution in [-0.2, 0) is 0 Å². The smallest absolute Gasteiger partial charge is 0.0818 e. The Hall–Kier alpha value is -0.470. The number of aliphatic hydroxyl groups is 1. The Morgan fingerprint density at radius 1 is 1.11 bits per heavy atom. The van der Waals surface area contributed by atoms with Crippen molar-refractivity contribution in [2.24, 2.45) is 17.8 Å². The number of benzene rings is 1. The molecule has 0 aromatic heterocycles. The second-order valence-electron chi connectivity index (χ2n) is 6.12. The predicted octanol–water partition coefficient (Wildman–Crippen LogP) is 4.90. The highest BCUT2D eigenvalue weighted by Gasteiger charge is 2.29. The molecule has 1 aliphatic rings. The van der Waals surface area contributed by atoms with E-state index in [1.165, 1.54) is 11.3 Å². The third-order valence-electron chi connectivity index (χ3n) is 4.19. The highest BCUT2D eigenvalue weighted by Crippen LogP contribution is 2.39. The zero-order valence-corrected chi connectivity index (χ0v) is 13.1. The molecular formula is C17H26OS. The number of hydrogen-bond donors (Lipinski definition) is 1. The molecule has 0 spiro atoms. The van der Waals surface area contributed by atoms with Crippen LogP contribution in [0.2, 0.25) is 0 Å². The molecule has 3 unspecified atom stereocenters. The standard InChI is InChI=1S/C17H26OS/c1-4-19-16-7-5-14(6-8-16)17(18)15-10-12(2)9-13(3)11-15/h5-8,12-13,15,17-18H,4,9-11H2,1-3H3. The van der Waals surface area contributed by atoms with Crippen molar-refractivity contribution in [1.82, 2.24) is 0 Å². The van der Waals surface area contributed by atoms with E-state index in [9.17, 15) is 5.11 Å². The Morgan fingerprint density at radius 3 is 2.21 bits per heavy atom. The molecule has 0 saturated heterocycles. The lowest BCUT2D eigenvalue weighted by molar-refractivity contribution is 0.0551. The molecule has 1 fully saturated rings. The van der Waals surface area contributed by atoms with Crippen molar-refractivity contribution in [3.63, 3.8) is 0 Å². The van der Waals surface area contributed by atoms with Gasteiger partial charge in [-0.05, 0) is 60.5 Å². The quantitative estimate of drug-likeness (QED) is 0.790. The van der Waals surface area contributed by atoms with Crippen molar-refractivity contribution in [2.75, 3.05) is 5.75 Å². The van der Waals surface area contributed by atoms with Gasteiger partial charge in [0.05, 0.1) is 6.10 Å². The summed E-state index contributed by atoms with van der Waals surface area (Å²) in [6, 6.07) is 8.49. The number of rotatable bonds is 4. The van der Waals surface area contributed by atoms with Gasteiger partial charge in [0.2, 0.25) is 0 Å². The molecule has 1 N–H and O–H groups in total. The predicted molar refractivity (Wildman–Crippen MR) is 83.5 cm³/mol. The minimum atomic E-state index is -0.286. The molecule has 0 amide bonds. The Morgan fingerprint density at radius 2 is 1.68 bits per heavy atom. The maximum atomic E-state index is 10.6. The van der Waals surface area contributed by atoms with E-state index in [1.807, 2.05) is 11.8 Å². The van der Waals surface area contributed by atoms with Gasteiger partial charge in [0, 0.05) is 4.90 Å². The molecular weight excluding hydrogens is 252 g/mol. The molecule has 1 aromatic carbocycles. The summed E-state index contributed by atoms with van der Waals surface area (Å²) in [7, 11) is 0. The Balaban J connectivity index is 2.03. The molecule has 19 heavy (non-hydrogen) atoms. The molecule has 1 aliphatic carbocycles. The van der Waals surface area contributed by atoms with Gasteiger partial charge < -0.3 is 5.11 Å². The fourth-order valence-corrected chi connectivity index (χ4v) is 4.13. The normalized spacial score (nSPS) is 29.2. The minimum absolute atomic E-state index is 0.286. The van der Waals surface area contributed by atoms with E-state index in [2.05, 4.69) is 45.0 Å². The van der Waals surface area contributed by atoms with Gasteiger partial charge in [-0.2, -0.15) is 0 Å². The van der Waals surface area contributed by atoms with Gasteiger partial charge in [-0.3, -0.25) is 0 Å². The molecule has 0 aliphatic heterocycles. The number of hydrogen-bond acceptors (Lipinski definition) is 2. The molecule has 2 rings (SSSR count). The minimum Gasteiger partial charge on any atom is -0.388 e. The van der Waals surface area contributed by atoms with Crippen LogP contribution in [0.15, 0.2) is 29.2 Å². The van der Waals surface area contributed by atoms with Crippen LogP contribution >= 0.6 is 11.8 Å². The van der Waals surface area contributed by atoms with Gasteiger partial charge in [0.15, 0.2) is 0 Å². The van der Waals surface area contributed by atoms with Crippen LogP contribution in [0.3, 0.4) is 0 Å². The van der Waals surface area contributed by atoms with Crippen molar-refractivity contribution in [2.45, 2.75) is 51.0 Å². The lowest BCUT2D eigenvalue weighted by Gasteiger charge is -2.34. The van der Waals surface area contributed by atoms with Gasteiger partial charge in [-0.1, -0.05) is 32.9 Å². The monoisotopic (exact) mass is 278 g/mol. The molecule has 2 heteroatoms. The summed E-state index contributed by atoms with van der Waals surface area (Å²) < 4.78 is 0. The molecule has 3 atom stereocenters. The van der Waals surface area contributed by atoms with Crippen LogP contribution < -0.4 is 0 Å². The van der Waals surface area contributed by atoms with Crippen LogP contribution in [0, 0.1) is 17.8 Å². The maximum Gasteiger partial charge on any atom is 0.0818 e. The lowest BCUT2D eigenvalue weighted by Crippen LogP contribution is -2.24. The zero-order valence-electron chi connectivity index (χ0n) is 12.3. The fourth-order valence-electron chi connectivity index (χ4n) is 3.47. The SMILES string of the molecule is CCSc1ccc(C(O)C2CC(C)CC(C)C2)cc1. The van der Waals surface area contributed by atoms with Gasteiger partial charge >= 0.3 is 0 Å². The second kappa shape index (κ2) is 6.81. The first kappa shape index (κ1) is 14.9. The van der Waals surface area contributed by atoms with Crippen molar-refractivity contribution < 1.29 is 5.11 Å². The van der Waals surface area contributed by atoms with Gasteiger partial charge in [-0.15, -0.1) is 11.8 Å². The topological polar surface area (TPSA) is 20.2 Å². The van der Waals surface area contributed by atoms with E-state index in [4.69, 9.17) is 0 Å². The highest BCUT2D eigenvalue weighted by atomic mass is 32.2. The molecule has 0 bridgehead atoms. The summed E-state index contributed by atoms with van der Waals surface area (Å²) in [5, 5.41) is 10.6. The van der Waals surface area contributed by atoms with Gasteiger partial charge in [0.25, 0.3) is 0 Å². The molecule has 1 saturated carbocycles. The summed E-state index contributed by atoms with van der Waals surface area (Å²) in [5.41, 5.74) is 1.09. The summed E-state index contributed by atoms with van der Waals surface area (Å²) in [4.78, 5) is 1.30. The Labute approximate surface area is 121 Å². The Kier molecular flexibility index (Phi) is 5.35. The van der Waals surface area contributed by atoms with Crippen LogP contribution in [-0.4, -0.2) is 10.9 Å². The molecule has 0 heterocycles. The maximum absolute atomic E-state index is 10.6. The van der Waals surface area contributed by atoms with Crippen molar-refractivity contribution >= 4 is 11.8 Å². The Bertz CT molecular complexity index is 377. The number of thioether (sulfide) groups is 1. The van der Waals surface area contributed by atoms with Gasteiger partial charge in [-0.25, -0.2) is 0 Å². The van der Waals surface area contributed by atoms with E-state index in [1.54, 1.807) is 0 Å². The van der Waals surface area contributed by atoms with E-state index in [0.29, 0.717) is 5.92 Å². The summed E-state index contributed by atoms with van der Waals surface area (Å²) >= 11 is 1.85. The average Bonchev–Trinajstić information content (AvgIpc) is 2.38. The van der Waals surface area contributed by atoms with Crippen LogP contribution in [0.5, 0.6) is 0 Å². The average molecular weight is 278 g/mol. The molecule has 1 nitrogen and oxygen atoms in total.